The minimum absolute atomic E-state index is 0.894. The van der Waals surface area contributed by atoms with E-state index in [0.717, 1.165) is 12.3 Å². The molecule has 1 aromatic rings. The molecule has 0 unspecified atom stereocenters. The smallest absolute Gasteiger partial charge is 0.118 e. The summed E-state index contributed by atoms with van der Waals surface area (Å²) in [4.78, 5) is 0. The van der Waals surface area contributed by atoms with Crippen molar-refractivity contribution in [3.05, 3.63) is 35.9 Å². The second kappa shape index (κ2) is 5.38. The van der Waals surface area contributed by atoms with Gasteiger partial charge in [0.1, 0.15) is 5.75 Å². The lowest BCUT2D eigenvalue weighted by Gasteiger charge is -1.98. The van der Waals surface area contributed by atoms with Gasteiger partial charge in [-0.1, -0.05) is 24.3 Å². The first kappa shape index (κ1) is 9.81. The Kier molecular flexibility index (Phi) is 4.06. The lowest BCUT2D eigenvalue weighted by atomic mass is 10.2. The second-order valence-electron chi connectivity index (χ2n) is 2.73. The fourth-order valence-corrected chi connectivity index (χ4v) is 1.03. The molecule has 1 aromatic carbocycles. The zero-order chi connectivity index (χ0) is 9.52. The monoisotopic (exact) mass is 177 g/mol. The van der Waals surface area contributed by atoms with Crippen molar-refractivity contribution in [2.45, 2.75) is 0 Å². The molecule has 0 aliphatic rings. The maximum atomic E-state index is 5.06. The molecule has 0 aliphatic heterocycles. The van der Waals surface area contributed by atoms with Crippen LogP contribution in [0.25, 0.3) is 6.08 Å². The van der Waals surface area contributed by atoms with Crippen LogP contribution in [0.2, 0.25) is 0 Å². The summed E-state index contributed by atoms with van der Waals surface area (Å²) in [5.74, 6) is 0.894. The maximum Gasteiger partial charge on any atom is 0.118 e. The van der Waals surface area contributed by atoms with E-state index in [1.807, 2.05) is 31.3 Å². The summed E-state index contributed by atoms with van der Waals surface area (Å²) in [6.45, 7) is 0.895. The van der Waals surface area contributed by atoms with Crippen LogP contribution in [0.15, 0.2) is 30.3 Å². The largest absolute Gasteiger partial charge is 0.497 e. The minimum atomic E-state index is 0.894. The van der Waals surface area contributed by atoms with Crippen LogP contribution in [0.4, 0.5) is 0 Å². The summed E-state index contributed by atoms with van der Waals surface area (Å²) in [7, 11) is 3.60. The molecule has 0 saturated carbocycles. The van der Waals surface area contributed by atoms with E-state index in [-0.39, 0.29) is 0 Å². The van der Waals surface area contributed by atoms with E-state index < -0.39 is 0 Å². The van der Waals surface area contributed by atoms with Crippen molar-refractivity contribution in [1.29, 1.82) is 0 Å². The number of ether oxygens (including phenoxy) is 1. The van der Waals surface area contributed by atoms with E-state index in [4.69, 9.17) is 4.74 Å². The van der Waals surface area contributed by atoms with Gasteiger partial charge in [0.25, 0.3) is 0 Å². The zero-order valence-electron chi connectivity index (χ0n) is 8.08. The fourth-order valence-electron chi connectivity index (χ4n) is 1.03. The number of nitrogens with one attached hydrogen (secondary N) is 1. The van der Waals surface area contributed by atoms with Crippen LogP contribution in [0.1, 0.15) is 5.56 Å². The Hall–Kier alpha value is -1.28. The van der Waals surface area contributed by atoms with E-state index in [1.54, 1.807) is 7.11 Å². The van der Waals surface area contributed by atoms with Gasteiger partial charge >= 0.3 is 0 Å². The summed E-state index contributed by atoms with van der Waals surface area (Å²) in [6, 6.07) is 7.98. The van der Waals surface area contributed by atoms with Gasteiger partial charge in [-0.25, -0.2) is 0 Å². The average Bonchev–Trinajstić information content (AvgIpc) is 2.19. The van der Waals surface area contributed by atoms with Gasteiger partial charge in [-0.3, -0.25) is 0 Å². The molecule has 0 fully saturated rings. The molecular formula is C11H15NO. The van der Waals surface area contributed by atoms with Crippen molar-refractivity contribution in [1.82, 2.24) is 5.32 Å². The highest BCUT2D eigenvalue weighted by molar-refractivity contribution is 5.50. The quantitative estimate of drug-likeness (QED) is 0.758. The normalized spacial score (nSPS) is 10.6. The SMILES string of the molecule is CNC/C=C/c1ccc(OC)cc1. The summed E-state index contributed by atoms with van der Waals surface area (Å²) in [6.07, 6.45) is 4.16. The first-order valence-electron chi connectivity index (χ1n) is 4.32. The van der Waals surface area contributed by atoms with Crippen molar-refractivity contribution in [3.63, 3.8) is 0 Å². The van der Waals surface area contributed by atoms with E-state index in [2.05, 4.69) is 17.5 Å². The molecule has 0 amide bonds. The van der Waals surface area contributed by atoms with Crippen LogP contribution in [-0.4, -0.2) is 20.7 Å². The third-order valence-corrected chi connectivity index (χ3v) is 1.75. The first-order valence-corrected chi connectivity index (χ1v) is 4.32. The van der Waals surface area contributed by atoms with Crippen LogP contribution < -0.4 is 10.1 Å². The number of methoxy groups -OCH3 is 1. The van der Waals surface area contributed by atoms with Crippen molar-refractivity contribution < 1.29 is 4.74 Å². The molecule has 2 nitrogen and oxygen atoms in total. The maximum absolute atomic E-state index is 5.06. The number of hydrogen-bond acceptors (Lipinski definition) is 2. The lowest BCUT2D eigenvalue weighted by molar-refractivity contribution is 0.415. The van der Waals surface area contributed by atoms with E-state index in [9.17, 15) is 0 Å². The van der Waals surface area contributed by atoms with Gasteiger partial charge < -0.3 is 10.1 Å². The molecule has 13 heavy (non-hydrogen) atoms. The Morgan fingerprint density at radius 1 is 1.31 bits per heavy atom. The second-order valence-corrected chi connectivity index (χ2v) is 2.73. The summed E-state index contributed by atoms with van der Waals surface area (Å²) >= 11 is 0. The topological polar surface area (TPSA) is 21.3 Å². The lowest BCUT2D eigenvalue weighted by Crippen LogP contribution is -2.03. The van der Waals surface area contributed by atoms with Crippen LogP contribution in [0.3, 0.4) is 0 Å². The minimum Gasteiger partial charge on any atom is -0.497 e. The molecule has 0 bridgehead atoms. The van der Waals surface area contributed by atoms with E-state index in [1.165, 1.54) is 5.56 Å². The van der Waals surface area contributed by atoms with Crippen LogP contribution in [0, 0.1) is 0 Å². The summed E-state index contributed by atoms with van der Waals surface area (Å²) in [5.41, 5.74) is 1.19. The summed E-state index contributed by atoms with van der Waals surface area (Å²) < 4.78 is 5.06. The standard InChI is InChI=1S/C11H15NO/c1-12-9-3-4-10-5-7-11(13-2)8-6-10/h3-8,12H,9H2,1-2H3/b4-3+. The van der Waals surface area contributed by atoms with Crippen molar-refractivity contribution in [2.75, 3.05) is 20.7 Å². The van der Waals surface area contributed by atoms with Crippen molar-refractivity contribution in [3.8, 4) is 5.75 Å². The number of benzene rings is 1. The Balaban J connectivity index is 2.58. The van der Waals surface area contributed by atoms with E-state index in [0.29, 0.717) is 0 Å². The van der Waals surface area contributed by atoms with Crippen LogP contribution in [-0.2, 0) is 0 Å². The molecule has 0 aromatic heterocycles. The molecule has 0 aliphatic carbocycles. The molecule has 0 atom stereocenters. The van der Waals surface area contributed by atoms with Gasteiger partial charge in [0.15, 0.2) is 0 Å². The molecule has 0 saturated heterocycles. The van der Waals surface area contributed by atoms with Crippen molar-refractivity contribution >= 4 is 6.08 Å². The fraction of sp³-hybridized carbons (Fsp3) is 0.273. The van der Waals surface area contributed by atoms with Crippen LogP contribution >= 0.6 is 0 Å². The molecule has 70 valence electrons. The third kappa shape index (κ3) is 3.30. The summed E-state index contributed by atoms with van der Waals surface area (Å²) in [5, 5.41) is 3.05. The highest BCUT2D eigenvalue weighted by Gasteiger charge is 1.88. The molecule has 0 radical (unpaired) electrons. The first-order chi connectivity index (χ1) is 6.36. The van der Waals surface area contributed by atoms with E-state index >= 15 is 0 Å². The van der Waals surface area contributed by atoms with Gasteiger partial charge in [0.05, 0.1) is 7.11 Å². The molecule has 0 heterocycles. The van der Waals surface area contributed by atoms with Gasteiger partial charge in [0.2, 0.25) is 0 Å². The number of rotatable bonds is 4. The Morgan fingerprint density at radius 2 is 2.00 bits per heavy atom. The predicted molar refractivity (Wildman–Crippen MR) is 56.0 cm³/mol. The van der Waals surface area contributed by atoms with Gasteiger partial charge in [0, 0.05) is 6.54 Å². The van der Waals surface area contributed by atoms with Gasteiger partial charge in [-0.2, -0.15) is 0 Å². The Bertz CT molecular complexity index is 264. The van der Waals surface area contributed by atoms with Crippen molar-refractivity contribution in [2.24, 2.45) is 0 Å². The number of likely N-dealkylation sites (N-methyl/N-ethyl adjacent to an activating group) is 1. The highest BCUT2D eigenvalue weighted by Crippen LogP contribution is 2.11. The Morgan fingerprint density at radius 3 is 2.54 bits per heavy atom. The zero-order valence-corrected chi connectivity index (χ0v) is 8.08. The molecule has 0 spiro atoms. The van der Waals surface area contributed by atoms with Gasteiger partial charge in [-0.15, -0.1) is 0 Å². The molecular weight excluding hydrogens is 162 g/mol. The van der Waals surface area contributed by atoms with Crippen LogP contribution in [0.5, 0.6) is 5.75 Å². The third-order valence-electron chi connectivity index (χ3n) is 1.75. The highest BCUT2D eigenvalue weighted by atomic mass is 16.5. The molecule has 2 heteroatoms. The number of hydrogen-bond donors (Lipinski definition) is 1. The molecule has 1 rings (SSSR count). The van der Waals surface area contributed by atoms with Gasteiger partial charge in [-0.05, 0) is 24.7 Å². The molecule has 1 N–H and O–H groups in total. The average molecular weight is 177 g/mol. The Labute approximate surface area is 79.2 Å². The predicted octanol–water partition coefficient (Wildman–Crippen LogP) is 1.93.